The quantitative estimate of drug-likeness (QED) is 0.886. The van der Waals surface area contributed by atoms with Crippen molar-refractivity contribution < 1.29 is 9.84 Å². The average Bonchev–Trinajstić information content (AvgIpc) is 2.47. The van der Waals surface area contributed by atoms with Gasteiger partial charge in [0.15, 0.2) is 0 Å². The summed E-state index contributed by atoms with van der Waals surface area (Å²) in [7, 11) is 1.66. The van der Waals surface area contributed by atoms with E-state index in [4.69, 9.17) is 4.74 Å². The van der Waals surface area contributed by atoms with Gasteiger partial charge in [0.1, 0.15) is 5.75 Å². The Hall–Kier alpha value is -1.06. The van der Waals surface area contributed by atoms with Gasteiger partial charge in [-0.2, -0.15) is 0 Å². The standard InChI is InChI=1S/C16H25NO2/c1-13(12-17-10-4-3-5-11-17)16(18)14-6-8-15(19-2)9-7-14/h6-9,13,16,18H,3-5,10-12H2,1-2H3/t13-,16+/m0/s1. The molecule has 0 amide bonds. The molecule has 0 aliphatic carbocycles. The second-order valence-electron chi connectivity index (χ2n) is 5.56. The highest BCUT2D eigenvalue weighted by Gasteiger charge is 2.20. The molecule has 19 heavy (non-hydrogen) atoms. The molecule has 1 saturated heterocycles. The van der Waals surface area contributed by atoms with E-state index in [2.05, 4.69) is 11.8 Å². The molecule has 0 unspecified atom stereocenters. The molecule has 0 saturated carbocycles. The van der Waals surface area contributed by atoms with E-state index in [1.165, 1.54) is 32.4 Å². The smallest absolute Gasteiger partial charge is 0.118 e. The number of aliphatic hydroxyl groups excluding tert-OH is 1. The molecule has 0 bridgehead atoms. The van der Waals surface area contributed by atoms with E-state index in [0.29, 0.717) is 0 Å². The van der Waals surface area contributed by atoms with Crippen LogP contribution in [-0.2, 0) is 0 Å². The van der Waals surface area contributed by atoms with Crippen molar-refractivity contribution in [3.8, 4) is 5.75 Å². The summed E-state index contributed by atoms with van der Waals surface area (Å²) < 4.78 is 5.14. The predicted octanol–water partition coefficient (Wildman–Crippen LogP) is 2.85. The van der Waals surface area contributed by atoms with Gasteiger partial charge < -0.3 is 14.7 Å². The predicted molar refractivity (Wildman–Crippen MR) is 77.4 cm³/mol. The minimum absolute atomic E-state index is 0.256. The van der Waals surface area contributed by atoms with Crippen molar-refractivity contribution in [2.24, 2.45) is 5.92 Å². The molecular weight excluding hydrogens is 238 g/mol. The van der Waals surface area contributed by atoms with Crippen LogP contribution in [0.3, 0.4) is 0 Å². The van der Waals surface area contributed by atoms with Crippen molar-refractivity contribution in [2.75, 3.05) is 26.7 Å². The van der Waals surface area contributed by atoms with Crippen LogP contribution in [0.15, 0.2) is 24.3 Å². The molecule has 106 valence electrons. The maximum atomic E-state index is 10.4. The zero-order valence-corrected chi connectivity index (χ0v) is 12.0. The van der Waals surface area contributed by atoms with Gasteiger partial charge >= 0.3 is 0 Å². The number of methoxy groups -OCH3 is 1. The highest BCUT2D eigenvalue weighted by atomic mass is 16.5. The third-order valence-electron chi connectivity index (χ3n) is 3.99. The van der Waals surface area contributed by atoms with E-state index < -0.39 is 6.10 Å². The van der Waals surface area contributed by atoms with Crippen LogP contribution < -0.4 is 4.74 Å². The van der Waals surface area contributed by atoms with Crippen LogP contribution in [0.1, 0.15) is 37.9 Å². The molecule has 1 heterocycles. The fourth-order valence-corrected chi connectivity index (χ4v) is 2.78. The first-order chi connectivity index (χ1) is 9.20. The maximum absolute atomic E-state index is 10.4. The van der Waals surface area contributed by atoms with Gasteiger partial charge in [-0.3, -0.25) is 0 Å². The largest absolute Gasteiger partial charge is 0.497 e. The second-order valence-corrected chi connectivity index (χ2v) is 5.56. The number of likely N-dealkylation sites (tertiary alicyclic amines) is 1. The number of rotatable bonds is 5. The summed E-state index contributed by atoms with van der Waals surface area (Å²) in [6.45, 7) is 5.47. The topological polar surface area (TPSA) is 32.7 Å². The molecule has 2 rings (SSSR count). The lowest BCUT2D eigenvalue weighted by molar-refractivity contribution is 0.0820. The van der Waals surface area contributed by atoms with Gasteiger partial charge in [0.2, 0.25) is 0 Å². The summed E-state index contributed by atoms with van der Waals surface area (Å²) in [5.41, 5.74) is 0.977. The van der Waals surface area contributed by atoms with Crippen LogP contribution >= 0.6 is 0 Å². The molecular formula is C16H25NO2. The van der Waals surface area contributed by atoms with E-state index >= 15 is 0 Å². The van der Waals surface area contributed by atoms with Crippen molar-refractivity contribution in [1.82, 2.24) is 4.90 Å². The molecule has 1 fully saturated rings. The Balaban J connectivity index is 1.91. The van der Waals surface area contributed by atoms with Crippen LogP contribution in [0, 0.1) is 5.92 Å². The van der Waals surface area contributed by atoms with Crippen molar-refractivity contribution in [3.05, 3.63) is 29.8 Å². The summed E-state index contributed by atoms with van der Waals surface area (Å²) in [4.78, 5) is 2.47. The van der Waals surface area contributed by atoms with E-state index in [1.54, 1.807) is 7.11 Å². The molecule has 3 heteroatoms. The summed E-state index contributed by atoms with van der Waals surface area (Å²) >= 11 is 0. The fraction of sp³-hybridized carbons (Fsp3) is 0.625. The number of aliphatic hydroxyl groups is 1. The van der Waals surface area contributed by atoms with Crippen LogP contribution in [0.2, 0.25) is 0 Å². The summed E-state index contributed by atoms with van der Waals surface area (Å²) in [6.07, 6.45) is 3.55. The molecule has 0 aromatic heterocycles. The van der Waals surface area contributed by atoms with Gasteiger partial charge in [-0.15, -0.1) is 0 Å². The van der Waals surface area contributed by atoms with Gasteiger partial charge in [-0.05, 0) is 49.5 Å². The molecule has 3 nitrogen and oxygen atoms in total. The molecule has 2 atom stereocenters. The zero-order valence-electron chi connectivity index (χ0n) is 12.0. The lowest BCUT2D eigenvalue weighted by atomic mass is 9.96. The molecule has 0 spiro atoms. The molecule has 1 N–H and O–H groups in total. The Labute approximate surface area is 116 Å². The van der Waals surface area contributed by atoms with Gasteiger partial charge in [0, 0.05) is 6.54 Å². The fourth-order valence-electron chi connectivity index (χ4n) is 2.78. The van der Waals surface area contributed by atoms with E-state index in [0.717, 1.165) is 17.9 Å². The number of benzene rings is 1. The maximum Gasteiger partial charge on any atom is 0.118 e. The third kappa shape index (κ3) is 3.95. The zero-order chi connectivity index (χ0) is 13.7. The minimum Gasteiger partial charge on any atom is -0.497 e. The molecule has 1 aliphatic heterocycles. The Kier molecular flexibility index (Phi) is 5.23. The van der Waals surface area contributed by atoms with E-state index in [1.807, 2.05) is 24.3 Å². The van der Waals surface area contributed by atoms with Crippen LogP contribution in [0.25, 0.3) is 0 Å². The van der Waals surface area contributed by atoms with Crippen molar-refractivity contribution in [1.29, 1.82) is 0 Å². The monoisotopic (exact) mass is 263 g/mol. The number of hydrogen-bond acceptors (Lipinski definition) is 3. The third-order valence-corrected chi connectivity index (χ3v) is 3.99. The Morgan fingerprint density at radius 2 is 1.79 bits per heavy atom. The number of nitrogens with zero attached hydrogens (tertiary/aromatic N) is 1. The lowest BCUT2D eigenvalue weighted by Gasteiger charge is -2.31. The van der Waals surface area contributed by atoms with Gasteiger partial charge in [0.05, 0.1) is 13.2 Å². The van der Waals surface area contributed by atoms with E-state index in [9.17, 15) is 5.11 Å². The molecule has 1 aromatic rings. The Morgan fingerprint density at radius 1 is 1.16 bits per heavy atom. The first kappa shape index (κ1) is 14.4. The normalized spacial score (nSPS) is 19.9. The number of hydrogen-bond donors (Lipinski definition) is 1. The number of ether oxygens (including phenoxy) is 1. The van der Waals surface area contributed by atoms with Crippen LogP contribution in [0.4, 0.5) is 0 Å². The van der Waals surface area contributed by atoms with Crippen LogP contribution in [0.5, 0.6) is 5.75 Å². The first-order valence-electron chi connectivity index (χ1n) is 7.25. The molecule has 0 radical (unpaired) electrons. The lowest BCUT2D eigenvalue weighted by Crippen LogP contribution is -2.35. The molecule has 1 aromatic carbocycles. The van der Waals surface area contributed by atoms with Gasteiger partial charge in [-0.25, -0.2) is 0 Å². The van der Waals surface area contributed by atoms with E-state index in [-0.39, 0.29) is 5.92 Å². The van der Waals surface area contributed by atoms with Crippen molar-refractivity contribution >= 4 is 0 Å². The second kappa shape index (κ2) is 6.92. The minimum atomic E-state index is -0.396. The van der Waals surface area contributed by atoms with Crippen molar-refractivity contribution in [3.63, 3.8) is 0 Å². The highest BCUT2D eigenvalue weighted by Crippen LogP contribution is 2.25. The summed E-state index contributed by atoms with van der Waals surface area (Å²) in [5, 5.41) is 10.4. The Bertz CT molecular complexity index is 371. The average molecular weight is 263 g/mol. The first-order valence-corrected chi connectivity index (χ1v) is 7.25. The van der Waals surface area contributed by atoms with Crippen LogP contribution in [-0.4, -0.2) is 36.8 Å². The molecule has 1 aliphatic rings. The Morgan fingerprint density at radius 3 is 2.37 bits per heavy atom. The number of piperidine rings is 1. The van der Waals surface area contributed by atoms with Gasteiger partial charge in [0.25, 0.3) is 0 Å². The van der Waals surface area contributed by atoms with Gasteiger partial charge in [-0.1, -0.05) is 25.5 Å². The SMILES string of the molecule is COc1ccc([C@H](O)[C@@H](C)CN2CCCCC2)cc1. The summed E-state index contributed by atoms with van der Waals surface area (Å²) in [5.74, 6) is 1.09. The summed E-state index contributed by atoms with van der Waals surface area (Å²) in [6, 6.07) is 7.73. The van der Waals surface area contributed by atoms with Crippen molar-refractivity contribution in [2.45, 2.75) is 32.3 Å². The highest BCUT2D eigenvalue weighted by molar-refractivity contribution is 5.28.